The van der Waals surface area contributed by atoms with Crippen LogP contribution in [0.3, 0.4) is 0 Å². The fraction of sp³-hybridized carbons (Fsp3) is 0.250. The molecule has 4 aromatic carbocycles. The minimum absolute atomic E-state index is 0.0310. The van der Waals surface area contributed by atoms with Gasteiger partial charge >= 0.3 is 0 Å². The van der Waals surface area contributed by atoms with Gasteiger partial charge in [0.05, 0.1) is 45.1 Å². The number of anilines is 2. The molecule has 2 aromatic heterocycles. The lowest BCUT2D eigenvalue weighted by atomic mass is 10.00. The summed E-state index contributed by atoms with van der Waals surface area (Å²) >= 11 is 0. The van der Waals surface area contributed by atoms with Crippen LogP contribution >= 0.6 is 0 Å². The summed E-state index contributed by atoms with van der Waals surface area (Å²) in [5.41, 5.74) is -4.20. The Kier molecular flexibility index (Phi) is 16.6. The normalized spacial score (nSPS) is 11.6. The van der Waals surface area contributed by atoms with Gasteiger partial charge in [-0.05, 0) is 55.7 Å². The molecule has 0 atom stereocenters. The second kappa shape index (κ2) is 21.0. The van der Waals surface area contributed by atoms with Crippen molar-refractivity contribution in [2.24, 2.45) is 0 Å². The molecule has 0 aliphatic carbocycles. The van der Waals surface area contributed by atoms with E-state index in [1.807, 2.05) is 4.72 Å². The highest BCUT2D eigenvalue weighted by atomic mass is 32.3. The van der Waals surface area contributed by atoms with Gasteiger partial charge in [-0.1, -0.05) is 20.8 Å². The highest BCUT2D eigenvalue weighted by molar-refractivity contribution is 8.10. The Balaban J connectivity index is 0.000000275. The quantitative estimate of drug-likeness (QED) is 0.0630. The molecular formula is C40H38F6N6O9S3. The van der Waals surface area contributed by atoms with E-state index in [2.05, 4.69) is 19.9 Å². The van der Waals surface area contributed by atoms with Crippen molar-refractivity contribution in [3.05, 3.63) is 131 Å². The summed E-state index contributed by atoms with van der Waals surface area (Å²) < 4.78 is 164. The number of nitrogens with zero attached hydrogens (tertiary/aromatic N) is 5. The molecular weight excluding hydrogens is 919 g/mol. The molecule has 0 saturated carbocycles. The zero-order valence-electron chi connectivity index (χ0n) is 34.1. The van der Waals surface area contributed by atoms with Crippen LogP contribution in [0.4, 0.5) is 37.7 Å². The molecule has 0 radical (unpaired) electrons. The number of benzene rings is 4. The van der Waals surface area contributed by atoms with Crippen LogP contribution in [0.1, 0.15) is 71.9 Å². The monoisotopic (exact) mass is 956 g/mol. The molecule has 6 rings (SSSR count). The van der Waals surface area contributed by atoms with Gasteiger partial charge in [0.25, 0.3) is 0 Å². The molecule has 0 saturated heterocycles. The van der Waals surface area contributed by atoms with Crippen LogP contribution in [0.5, 0.6) is 0 Å². The molecule has 6 aromatic rings. The average Bonchev–Trinajstić information content (AvgIpc) is 3.25. The summed E-state index contributed by atoms with van der Waals surface area (Å²) in [6.07, 6.45) is 5.47. The number of aliphatic hydroxyl groups is 1. The molecule has 0 fully saturated rings. The van der Waals surface area contributed by atoms with E-state index in [0.717, 1.165) is 7.11 Å². The Morgan fingerprint density at radius 3 is 1.45 bits per heavy atom. The SMILES string of the molecule is CCCS(=O)(=O)N(c1cc(F)c(F)c(C(=O)c2ccc3ncncc3c2)c1F)S(=O)(=O)CCC.CCCS(=O)(=O)Nc1cc(F)c(F)c(C(=O)c2ccc3ncncc3c2)c1F.CO. The molecule has 342 valence electrons. The number of carbonyl (C=O) groups is 2. The summed E-state index contributed by atoms with van der Waals surface area (Å²) in [5, 5.41) is 7.79. The number of hydrogen-bond donors (Lipinski definition) is 2. The van der Waals surface area contributed by atoms with E-state index in [1.165, 1.54) is 75.3 Å². The van der Waals surface area contributed by atoms with Crippen molar-refractivity contribution in [1.29, 1.82) is 0 Å². The number of ketones is 2. The lowest BCUT2D eigenvalue weighted by Gasteiger charge is -2.25. The van der Waals surface area contributed by atoms with Crippen molar-refractivity contribution in [3.8, 4) is 0 Å². The van der Waals surface area contributed by atoms with E-state index in [0.29, 0.717) is 27.9 Å². The molecule has 0 spiro atoms. The van der Waals surface area contributed by atoms with E-state index in [9.17, 15) is 56.8 Å². The zero-order valence-corrected chi connectivity index (χ0v) is 36.6. The number of nitrogens with one attached hydrogen (secondary N) is 1. The number of rotatable bonds is 15. The summed E-state index contributed by atoms with van der Waals surface area (Å²) in [6, 6.07) is 8.32. The first-order valence-electron chi connectivity index (χ1n) is 18.7. The number of halogens is 6. The summed E-state index contributed by atoms with van der Waals surface area (Å²) in [6.45, 7) is 4.48. The van der Waals surface area contributed by atoms with Crippen molar-refractivity contribution < 1.29 is 66.3 Å². The Morgan fingerprint density at radius 2 is 1.02 bits per heavy atom. The first-order chi connectivity index (χ1) is 30.2. The molecule has 0 amide bonds. The van der Waals surface area contributed by atoms with Crippen LogP contribution in [0, 0.1) is 34.9 Å². The Bertz CT molecular complexity index is 3040. The first-order valence-corrected chi connectivity index (χ1v) is 23.6. The number of carbonyl (C=O) groups excluding carboxylic acids is 2. The summed E-state index contributed by atoms with van der Waals surface area (Å²) in [4.78, 5) is 41.2. The molecule has 24 heteroatoms. The zero-order chi connectivity index (χ0) is 47.7. The third-order valence-electron chi connectivity index (χ3n) is 8.65. The predicted octanol–water partition coefficient (Wildman–Crippen LogP) is 6.60. The lowest BCUT2D eigenvalue weighted by molar-refractivity contribution is 0.102. The van der Waals surface area contributed by atoms with Crippen molar-refractivity contribution >= 4 is 74.8 Å². The largest absolute Gasteiger partial charge is 0.400 e. The third-order valence-corrected chi connectivity index (χ3v) is 14.7. The second-order valence-corrected chi connectivity index (χ2v) is 19.2. The predicted molar refractivity (Wildman–Crippen MR) is 225 cm³/mol. The number of sulfonamides is 3. The molecule has 2 heterocycles. The maximum atomic E-state index is 15.5. The second-order valence-electron chi connectivity index (χ2n) is 13.3. The highest BCUT2D eigenvalue weighted by Gasteiger charge is 2.38. The molecule has 0 bridgehead atoms. The summed E-state index contributed by atoms with van der Waals surface area (Å²) in [7, 11) is -12.4. The van der Waals surface area contributed by atoms with Gasteiger partial charge in [0.1, 0.15) is 18.3 Å². The average molecular weight is 957 g/mol. The van der Waals surface area contributed by atoms with Gasteiger partial charge in [0, 0.05) is 53.5 Å². The Hall–Kier alpha value is -6.11. The minimum atomic E-state index is -4.70. The smallest absolute Gasteiger partial charge is 0.248 e. The number of fused-ring (bicyclic) bond motifs is 2. The maximum absolute atomic E-state index is 15.5. The molecule has 2 N–H and O–H groups in total. The van der Waals surface area contributed by atoms with Gasteiger partial charge < -0.3 is 5.11 Å². The van der Waals surface area contributed by atoms with Crippen LogP contribution in [0.2, 0.25) is 0 Å². The minimum Gasteiger partial charge on any atom is -0.400 e. The van der Waals surface area contributed by atoms with Gasteiger partial charge in [-0.3, -0.25) is 14.3 Å². The molecule has 0 unspecified atom stereocenters. The number of aromatic nitrogens is 4. The first kappa shape index (κ1) is 50.5. The Morgan fingerprint density at radius 1 is 0.594 bits per heavy atom. The molecule has 0 aliphatic heterocycles. The van der Waals surface area contributed by atoms with Gasteiger partial charge in [-0.25, -0.2) is 71.5 Å². The van der Waals surface area contributed by atoms with Crippen LogP contribution < -0.4 is 8.43 Å². The molecule has 15 nitrogen and oxygen atoms in total. The number of hydrogen-bond acceptors (Lipinski definition) is 13. The fourth-order valence-electron chi connectivity index (χ4n) is 5.98. The standard InChI is InChI=1S/C21H20F3N3O5S2.C18H14F3N3O3S.CH4O/c1-3-7-33(29,30)27(34(31,32)8-4-2)17-10-15(22)19(23)18(20(17)24)21(28)13-5-6-16-14(9-13)11-25-12-26-16;1-2-5-28(26,27)24-14-7-12(19)16(20)15(17(14)21)18(25)10-3-4-13-11(6-10)8-22-9-23-13;1-2/h5-6,9-12H,3-4,7-8H2,1-2H3;3-4,6-9,24H,2,5H2,1H3;2H,1H3. The van der Waals surface area contributed by atoms with Gasteiger partial charge in [-0.2, -0.15) is 3.71 Å². The summed E-state index contributed by atoms with van der Waals surface area (Å²) in [5.74, 6) is -14.4. The van der Waals surface area contributed by atoms with E-state index in [-0.39, 0.29) is 45.9 Å². The van der Waals surface area contributed by atoms with Gasteiger partial charge in [0.15, 0.2) is 46.5 Å². The fourth-order valence-corrected chi connectivity index (χ4v) is 11.2. The lowest BCUT2D eigenvalue weighted by Crippen LogP contribution is -2.40. The van der Waals surface area contributed by atoms with Crippen molar-refractivity contribution in [3.63, 3.8) is 0 Å². The maximum Gasteiger partial charge on any atom is 0.248 e. The van der Waals surface area contributed by atoms with E-state index >= 15 is 4.39 Å². The van der Waals surface area contributed by atoms with Crippen molar-refractivity contribution in [1.82, 2.24) is 19.9 Å². The van der Waals surface area contributed by atoms with Crippen LogP contribution in [-0.2, 0) is 30.1 Å². The highest BCUT2D eigenvalue weighted by Crippen LogP contribution is 2.34. The van der Waals surface area contributed by atoms with Gasteiger partial charge in [0.2, 0.25) is 30.1 Å². The van der Waals surface area contributed by atoms with E-state index < -0.39 is 111 Å². The topological polar surface area (TPSA) is 224 Å². The van der Waals surface area contributed by atoms with Crippen LogP contribution in [0.25, 0.3) is 21.8 Å². The molecule has 0 aliphatic rings. The Labute approximate surface area is 363 Å². The van der Waals surface area contributed by atoms with E-state index in [4.69, 9.17) is 5.11 Å². The van der Waals surface area contributed by atoms with E-state index in [1.54, 1.807) is 6.92 Å². The molecule has 64 heavy (non-hydrogen) atoms. The van der Waals surface area contributed by atoms with Crippen LogP contribution in [-0.4, -0.2) is 86.2 Å². The van der Waals surface area contributed by atoms with Gasteiger partial charge in [-0.15, -0.1) is 0 Å². The van der Waals surface area contributed by atoms with Crippen molar-refractivity contribution in [2.75, 3.05) is 32.8 Å². The van der Waals surface area contributed by atoms with Crippen molar-refractivity contribution in [2.45, 2.75) is 40.0 Å². The van der Waals surface area contributed by atoms with Crippen LogP contribution in [0.15, 0.2) is 73.6 Å². The third kappa shape index (κ3) is 11.2. The number of aliphatic hydroxyl groups excluding tert-OH is 1.